The van der Waals surface area contributed by atoms with E-state index in [9.17, 15) is 0 Å². The van der Waals surface area contributed by atoms with Gasteiger partial charge in [0.1, 0.15) is 0 Å². The van der Waals surface area contributed by atoms with Crippen LogP contribution >= 0.6 is 0 Å². The van der Waals surface area contributed by atoms with Crippen molar-refractivity contribution in [2.24, 2.45) is 17.4 Å². The Balaban J connectivity index is 3.43. The lowest BCUT2D eigenvalue weighted by molar-refractivity contribution is 0.0270. The van der Waals surface area contributed by atoms with Gasteiger partial charge in [-0.25, -0.2) is 0 Å². The molecule has 0 saturated heterocycles. The predicted octanol–water partition coefficient (Wildman–Crippen LogP) is 0.334. The van der Waals surface area contributed by atoms with Crippen molar-refractivity contribution in [2.45, 2.75) is 32.9 Å². The summed E-state index contributed by atoms with van der Waals surface area (Å²) in [7, 11) is 0. The number of hydrogen-bond acceptors (Lipinski definition) is 3. The fourth-order valence-electron chi connectivity index (χ4n) is 0.659. The van der Waals surface area contributed by atoms with Gasteiger partial charge < -0.3 is 16.2 Å². The minimum absolute atomic E-state index is 0.113. The van der Waals surface area contributed by atoms with Gasteiger partial charge in [0.25, 0.3) is 0 Å². The molecule has 0 bridgehead atoms. The van der Waals surface area contributed by atoms with Crippen molar-refractivity contribution in [1.82, 2.24) is 0 Å². The van der Waals surface area contributed by atoms with Crippen LogP contribution in [0.15, 0.2) is 0 Å². The SMILES string of the molecule is CC(N)COC(C)C(C)CN. The zero-order chi connectivity index (χ0) is 8.85. The van der Waals surface area contributed by atoms with Gasteiger partial charge in [-0.2, -0.15) is 0 Å². The molecule has 0 amide bonds. The van der Waals surface area contributed by atoms with Crippen molar-refractivity contribution < 1.29 is 4.74 Å². The molecular formula is C8H20N2O. The third kappa shape index (κ3) is 5.18. The van der Waals surface area contributed by atoms with Crippen molar-refractivity contribution in [3.8, 4) is 0 Å². The number of nitrogens with two attached hydrogens (primary N) is 2. The Morgan fingerprint density at radius 1 is 1.27 bits per heavy atom. The number of hydrogen-bond donors (Lipinski definition) is 2. The summed E-state index contributed by atoms with van der Waals surface area (Å²) < 4.78 is 5.45. The topological polar surface area (TPSA) is 61.3 Å². The minimum atomic E-state index is 0.113. The lowest BCUT2D eigenvalue weighted by Crippen LogP contribution is -2.30. The highest BCUT2D eigenvalue weighted by atomic mass is 16.5. The third-order valence-electron chi connectivity index (χ3n) is 1.80. The second kappa shape index (κ2) is 5.52. The zero-order valence-corrected chi connectivity index (χ0v) is 7.71. The molecule has 0 aliphatic rings. The molecular weight excluding hydrogens is 140 g/mol. The van der Waals surface area contributed by atoms with Crippen molar-refractivity contribution in [3.05, 3.63) is 0 Å². The van der Waals surface area contributed by atoms with Gasteiger partial charge in [0.2, 0.25) is 0 Å². The summed E-state index contributed by atoms with van der Waals surface area (Å²) in [4.78, 5) is 0. The van der Waals surface area contributed by atoms with Crippen LogP contribution in [-0.4, -0.2) is 25.3 Å². The largest absolute Gasteiger partial charge is 0.377 e. The molecule has 0 aromatic rings. The molecule has 4 N–H and O–H groups in total. The molecule has 0 radical (unpaired) electrons. The number of rotatable bonds is 5. The van der Waals surface area contributed by atoms with Gasteiger partial charge in [-0.3, -0.25) is 0 Å². The van der Waals surface area contributed by atoms with Gasteiger partial charge >= 0.3 is 0 Å². The van der Waals surface area contributed by atoms with E-state index in [4.69, 9.17) is 16.2 Å². The van der Waals surface area contributed by atoms with Crippen LogP contribution < -0.4 is 11.5 Å². The van der Waals surface area contributed by atoms with Crippen LogP contribution in [-0.2, 0) is 4.74 Å². The van der Waals surface area contributed by atoms with Gasteiger partial charge in [-0.05, 0) is 26.3 Å². The molecule has 3 unspecified atom stereocenters. The van der Waals surface area contributed by atoms with E-state index in [1.807, 2.05) is 13.8 Å². The first-order chi connectivity index (χ1) is 5.07. The first-order valence-electron chi connectivity index (χ1n) is 4.15. The Bertz CT molecular complexity index is 96.1. The molecule has 0 spiro atoms. The van der Waals surface area contributed by atoms with Gasteiger partial charge in [-0.1, -0.05) is 6.92 Å². The van der Waals surface area contributed by atoms with E-state index in [0.717, 1.165) is 0 Å². The Hall–Kier alpha value is -0.120. The first-order valence-corrected chi connectivity index (χ1v) is 4.15. The van der Waals surface area contributed by atoms with Crippen LogP contribution in [0.1, 0.15) is 20.8 Å². The second-order valence-corrected chi connectivity index (χ2v) is 3.23. The molecule has 68 valence electrons. The molecule has 0 aliphatic carbocycles. The van der Waals surface area contributed by atoms with E-state index < -0.39 is 0 Å². The predicted molar refractivity (Wildman–Crippen MR) is 47.3 cm³/mol. The van der Waals surface area contributed by atoms with Gasteiger partial charge in [-0.15, -0.1) is 0 Å². The molecule has 0 heterocycles. The maximum atomic E-state index is 5.53. The van der Waals surface area contributed by atoms with Crippen LogP contribution in [0.25, 0.3) is 0 Å². The summed E-state index contributed by atoms with van der Waals surface area (Å²) >= 11 is 0. The smallest absolute Gasteiger partial charge is 0.0618 e. The Morgan fingerprint density at radius 2 is 1.82 bits per heavy atom. The quantitative estimate of drug-likeness (QED) is 0.609. The normalized spacial score (nSPS) is 19.4. The Labute approximate surface area is 69.1 Å². The van der Waals surface area contributed by atoms with Crippen molar-refractivity contribution in [3.63, 3.8) is 0 Å². The fourth-order valence-corrected chi connectivity index (χ4v) is 0.659. The van der Waals surface area contributed by atoms with E-state index in [-0.39, 0.29) is 12.1 Å². The average Bonchev–Trinajstić information content (AvgIpc) is 1.98. The summed E-state index contributed by atoms with van der Waals surface area (Å²) in [5.41, 5.74) is 11.0. The van der Waals surface area contributed by atoms with Gasteiger partial charge in [0.05, 0.1) is 12.7 Å². The summed E-state index contributed by atoms with van der Waals surface area (Å²) in [6.45, 7) is 7.32. The summed E-state index contributed by atoms with van der Waals surface area (Å²) in [5, 5.41) is 0. The van der Waals surface area contributed by atoms with E-state index in [1.165, 1.54) is 0 Å². The lowest BCUT2D eigenvalue weighted by atomic mass is 10.1. The van der Waals surface area contributed by atoms with E-state index in [0.29, 0.717) is 19.1 Å². The van der Waals surface area contributed by atoms with Crippen molar-refractivity contribution >= 4 is 0 Å². The van der Waals surface area contributed by atoms with Crippen LogP contribution in [0.2, 0.25) is 0 Å². The summed E-state index contributed by atoms with van der Waals surface area (Å²) in [5.74, 6) is 0.411. The van der Waals surface area contributed by atoms with Crippen LogP contribution in [0, 0.1) is 5.92 Å². The fraction of sp³-hybridized carbons (Fsp3) is 1.00. The van der Waals surface area contributed by atoms with Crippen LogP contribution in [0.3, 0.4) is 0 Å². The zero-order valence-electron chi connectivity index (χ0n) is 7.71. The molecule has 0 aromatic heterocycles. The molecule has 0 fully saturated rings. The van der Waals surface area contributed by atoms with Crippen LogP contribution in [0.4, 0.5) is 0 Å². The molecule has 0 saturated carbocycles. The minimum Gasteiger partial charge on any atom is -0.377 e. The van der Waals surface area contributed by atoms with Gasteiger partial charge in [0, 0.05) is 6.04 Å². The standard InChI is InChI=1S/C8H20N2O/c1-6(4-9)8(3)11-5-7(2)10/h6-8H,4-5,9-10H2,1-3H3. The Morgan fingerprint density at radius 3 is 2.18 bits per heavy atom. The van der Waals surface area contributed by atoms with E-state index >= 15 is 0 Å². The molecule has 3 heteroatoms. The Kier molecular flexibility index (Phi) is 5.46. The highest BCUT2D eigenvalue weighted by molar-refractivity contribution is 4.62. The monoisotopic (exact) mass is 160 g/mol. The number of ether oxygens (including phenoxy) is 1. The molecule has 11 heavy (non-hydrogen) atoms. The van der Waals surface area contributed by atoms with E-state index in [2.05, 4.69) is 6.92 Å². The van der Waals surface area contributed by atoms with E-state index in [1.54, 1.807) is 0 Å². The highest BCUT2D eigenvalue weighted by Crippen LogP contribution is 2.04. The maximum Gasteiger partial charge on any atom is 0.0618 e. The van der Waals surface area contributed by atoms with Crippen LogP contribution in [0.5, 0.6) is 0 Å². The summed E-state index contributed by atoms with van der Waals surface area (Å²) in [6.07, 6.45) is 0.214. The molecule has 3 atom stereocenters. The van der Waals surface area contributed by atoms with Gasteiger partial charge in [0.15, 0.2) is 0 Å². The molecule has 0 aliphatic heterocycles. The first kappa shape index (κ1) is 10.9. The highest BCUT2D eigenvalue weighted by Gasteiger charge is 2.10. The lowest BCUT2D eigenvalue weighted by Gasteiger charge is -2.19. The van der Waals surface area contributed by atoms with Crippen molar-refractivity contribution in [1.29, 1.82) is 0 Å². The molecule has 3 nitrogen and oxygen atoms in total. The van der Waals surface area contributed by atoms with Crippen molar-refractivity contribution in [2.75, 3.05) is 13.2 Å². The summed E-state index contributed by atoms with van der Waals surface area (Å²) in [6, 6.07) is 0.113. The molecule has 0 aromatic carbocycles. The maximum absolute atomic E-state index is 5.53. The molecule has 0 rings (SSSR count). The average molecular weight is 160 g/mol. The third-order valence-corrected chi connectivity index (χ3v) is 1.80. The second-order valence-electron chi connectivity index (χ2n) is 3.23.